The van der Waals surface area contributed by atoms with E-state index in [1.54, 1.807) is 0 Å². The van der Waals surface area contributed by atoms with Crippen molar-refractivity contribution in [1.82, 2.24) is 4.90 Å². The van der Waals surface area contributed by atoms with Gasteiger partial charge in [0.05, 0.1) is 0 Å². The SMILES string of the molecule is O=C1c2ccccc2C2(c3ccc(Cl)cc3)CCN=C(c3ccc(Cl)cc3)N12. The molecule has 1 atom stereocenters. The van der Waals surface area contributed by atoms with Gasteiger partial charge in [-0.25, -0.2) is 0 Å². The first-order valence-corrected chi connectivity index (χ1v) is 9.87. The topological polar surface area (TPSA) is 32.7 Å². The lowest BCUT2D eigenvalue weighted by atomic mass is 9.79. The molecule has 138 valence electrons. The summed E-state index contributed by atoms with van der Waals surface area (Å²) >= 11 is 12.2. The molecule has 28 heavy (non-hydrogen) atoms. The summed E-state index contributed by atoms with van der Waals surface area (Å²) in [5.41, 5.74) is 3.07. The van der Waals surface area contributed by atoms with E-state index >= 15 is 0 Å². The molecule has 1 amide bonds. The predicted molar refractivity (Wildman–Crippen MR) is 112 cm³/mol. The summed E-state index contributed by atoms with van der Waals surface area (Å²) in [5.74, 6) is 0.651. The number of carbonyl (C=O) groups excluding carboxylic acids is 1. The van der Waals surface area contributed by atoms with Crippen LogP contribution in [0.5, 0.6) is 0 Å². The molecule has 0 saturated heterocycles. The number of rotatable bonds is 2. The summed E-state index contributed by atoms with van der Waals surface area (Å²) in [5, 5.41) is 1.33. The lowest BCUT2D eigenvalue weighted by molar-refractivity contribution is 0.0765. The van der Waals surface area contributed by atoms with Gasteiger partial charge in [-0.15, -0.1) is 0 Å². The molecule has 2 aliphatic rings. The highest BCUT2D eigenvalue weighted by Crippen LogP contribution is 2.49. The predicted octanol–water partition coefficient (Wildman–Crippen LogP) is 5.54. The Balaban J connectivity index is 1.76. The highest BCUT2D eigenvalue weighted by Gasteiger charge is 2.53. The zero-order valence-corrected chi connectivity index (χ0v) is 16.4. The van der Waals surface area contributed by atoms with Crippen LogP contribution in [0, 0.1) is 0 Å². The van der Waals surface area contributed by atoms with Crippen molar-refractivity contribution in [3.05, 3.63) is 105 Å². The van der Waals surface area contributed by atoms with Gasteiger partial charge in [0.2, 0.25) is 0 Å². The maximum atomic E-state index is 13.5. The molecule has 3 aromatic rings. The van der Waals surface area contributed by atoms with E-state index in [1.807, 2.05) is 77.7 Å². The Bertz CT molecular complexity index is 1110. The fourth-order valence-electron chi connectivity index (χ4n) is 4.34. The van der Waals surface area contributed by atoms with Crippen LogP contribution in [-0.2, 0) is 5.54 Å². The number of fused-ring (bicyclic) bond motifs is 3. The molecule has 5 heteroatoms. The smallest absolute Gasteiger partial charge is 0.260 e. The number of nitrogens with zero attached hydrogens (tertiary/aromatic N) is 2. The van der Waals surface area contributed by atoms with Gasteiger partial charge in [0, 0.05) is 27.7 Å². The van der Waals surface area contributed by atoms with Gasteiger partial charge in [0.1, 0.15) is 11.4 Å². The molecule has 0 bridgehead atoms. The van der Waals surface area contributed by atoms with Crippen molar-refractivity contribution >= 4 is 34.9 Å². The number of hydrogen-bond donors (Lipinski definition) is 0. The maximum Gasteiger partial charge on any atom is 0.260 e. The van der Waals surface area contributed by atoms with Gasteiger partial charge < -0.3 is 0 Å². The maximum absolute atomic E-state index is 13.5. The molecule has 0 saturated carbocycles. The van der Waals surface area contributed by atoms with E-state index < -0.39 is 5.54 Å². The van der Waals surface area contributed by atoms with Crippen LogP contribution < -0.4 is 0 Å². The second kappa shape index (κ2) is 6.47. The van der Waals surface area contributed by atoms with Crippen molar-refractivity contribution in [3.63, 3.8) is 0 Å². The monoisotopic (exact) mass is 406 g/mol. The molecule has 2 heterocycles. The van der Waals surface area contributed by atoms with E-state index in [0.29, 0.717) is 28.8 Å². The van der Waals surface area contributed by atoms with Gasteiger partial charge in [-0.3, -0.25) is 14.7 Å². The first-order valence-electron chi connectivity index (χ1n) is 9.12. The number of halogens is 2. The third-order valence-electron chi connectivity index (χ3n) is 5.56. The second-order valence-corrected chi connectivity index (χ2v) is 7.89. The van der Waals surface area contributed by atoms with E-state index in [-0.39, 0.29) is 5.91 Å². The van der Waals surface area contributed by atoms with Crippen molar-refractivity contribution in [2.75, 3.05) is 6.54 Å². The molecular weight excluding hydrogens is 391 g/mol. The quantitative estimate of drug-likeness (QED) is 0.549. The minimum absolute atomic E-state index is 0.0288. The molecule has 0 aromatic heterocycles. The Labute approximate surface area is 173 Å². The van der Waals surface area contributed by atoms with Crippen molar-refractivity contribution < 1.29 is 4.79 Å². The van der Waals surface area contributed by atoms with E-state index in [2.05, 4.69) is 0 Å². The van der Waals surface area contributed by atoms with E-state index in [0.717, 1.165) is 22.3 Å². The Morgan fingerprint density at radius 1 is 0.857 bits per heavy atom. The Hall–Kier alpha value is -2.62. The zero-order valence-electron chi connectivity index (χ0n) is 14.9. The molecule has 5 rings (SSSR count). The van der Waals surface area contributed by atoms with E-state index in [4.69, 9.17) is 28.2 Å². The second-order valence-electron chi connectivity index (χ2n) is 7.02. The highest BCUT2D eigenvalue weighted by molar-refractivity contribution is 6.31. The van der Waals surface area contributed by atoms with E-state index in [9.17, 15) is 4.79 Å². The Kier molecular flexibility index (Phi) is 4.04. The van der Waals surface area contributed by atoms with Crippen LogP contribution in [0.4, 0.5) is 0 Å². The Morgan fingerprint density at radius 3 is 2.21 bits per heavy atom. The lowest BCUT2D eigenvalue weighted by Gasteiger charge is -2.43. The van der Waals surface area contributed by atoms with Crippen LogP contribution in [0.15, 0.2) is 77.8 Å². The zero-order chi connectivity index (χ0) is 19.3. The van der Waals surface area contributed by atoms with Gasteiger partial charge >= 0.3 is 0 Å². The van der Waals surface area contributed by atoms with Crippen LogP contribution >= 0.6 is 23.2 Å². The normalized spacial score (nSPS) is 20.6. The minimum atomic E-state index is -0.588. The van der Waals surface area contributed by atoms with Crippen molar-refractivity contribution in [2.24, 2.45) is 4.99 Å². The molecule has 0 aliphatic carbocycles. The summed E-state index contributed by atoms with van der Waals surface area (Å²) in [6, 6.07) is 23.1. The van der Waals surface area contributed by atoms with Gasteiger partial charge in [-0.1, -0.05) is 53.5 Å². The summed E-state index contributed by atoms with van der Waals surface area (Å²) in [6.45, 7) is 0.624. The lowest BCUT2D eigenvalue weighted by Crippen LogP contribution is -2.51. The summed E-state index contributed by atoms with van der Waals surface area (Å²) in [7, 11) is 0. The van der Waals surface area contributed by atoms with Crippen LogP contribution in [0.3, 0.4) is 0 Å². The number of amides is 1. The summed E-state index contributed by atoms with van der Waals surface area (Å²) in [4.78, 5) is 20.1. The van der Waals surface area contributed by atoms with Crippen molar-refractivity contribution in [2.45, 2.75) is 12.0 Å². The summed E-state index contributed by atoms with van der Waals surface area (Å²) in [6.07, 6.45) is 0.717. The molecule has 1 unspecified atom stereocenters. The third kappa shape index (κ3) is 2.43. The van der Waals surface area contributed by atoms with Crippen LogP contribution in [0.25, 0.3) is 0 Å². The number of carbonyl (C=O) groups is 1. The highest BCUT2D eigenvalue weighted by atomic mass is 35.5. The molecule has 0 spiro atoms. The number of aliphatic imine (C=N–C) groups is 1. The minimum Gasteiger partial charge on any atom is -0.278 e. The average Bonchev–Trinajstić information content (AvgIpc) is 2.99. The van der Waals surface area contributed by atoms with Gasteiger partial charge in [0.15, 0.2) is 0 Å². The van der Waals surface area contributed by atoms with Crippen molar-refractivity contribution in [1.29, 1.82) is 0 Å². The first kappa shape index (κ1) is 17.5. The average molecular weight is 407 g/mol. The fraction of sp³-hybridized carbons (Fsp3) is 0.130. The Morgan fingerprint density at radius 2 is 1.50 bits per heavy atom. The number of amidine groups is 1. The largest absolute Gasteiger partial charge is 0.278 e. The standard InChI is InChI=1S/C23H16Cl2N2O/c24-17-9-5-15(6-10-17)21-26-14-13-23(16-7-11-18(25)12-8-16)20-4-2-1-3-19(20)22(28)27(21)23/h1-12H,13-14H2. The molecule has 0 radical (unpaired) electrons. The van der Waals surface area contributed by atoms with Crippen LogP contribution in [-0.4, -0.2) is 23.2 Å². The van der Waals surface area contributed by atoms with Gasteiger partial charge in [-0.05, 0) is 60.0 Å². The first-order chi connectivity index (χ1) is 13.6. The van der Waals surface area contributed by atoms with Crippen LogP contribution in [0.2, 0.25) is 10.0 Å². The molecule has 0 N–H and O–H groups in total. The van der Waals surface area contributed by atoms with Crippen LogP contribution in [0.1, 0.15) is 33.5 Å². The van der Waals surface area contributed by atoms with Gasteiger partial charge in [0.25, 0.3) is 5.91 Å². The summed E-state index contributed by atoms with van der Waals surface area (Å²) < 4.78 is 0. The molecule has 2 aliphatic heterocycles. The molecular formula is C23H16Cl2N2O. The fourth-order valence-corrected chi connectivity index (χ4v) is 4.59. The number of benzene rings is 3. The van der Waals surface area contributed by atoms with Gasteiger partial charge in [-0.2, -0.15) is 0 Å². The third-order valence-corrected chi connectivity index (χ3v) is 6.06. The van der Waals surface area contributed by atoms with E-state index in [1.165, 1.54) is 0 Å². The van der Waals surface area contributed by atoms with Crippen molar-refractivity contribution in [3.8, 4) is 0 Å². The molecule has 0 fully saturated rings. The molecule has 3 nitrogen and oxygen atoms in total. The number of hydrogen-bond acceptors (Lipinski definition) is 2. The molecule has 3 aromatic carbocycles.